The third kappa shape index (κ3) is 1.57. The van der Waals surface area contributed by atoms with Crippen molar-refractivity contribution in [3.8, 4) is 6.07 Å². The number of pyridine rings is 1. The van der Waals surface area contributed by atoms with Crippen LogP contribution in [0, 0.1) is 17.1 Å². The van der Waals surface area contributed by atoms with Gasteiger partial charge in [-0.25, -0.2) is 8.91 Å². The summed E-state index contributed by atoms with van der Waals surface area (Å²) in [5.41, 5.74) is 1.65. The van der Waals surface area contributed by atoms with Gasteiger partial charge in [-0.3, -0.25) is 0 Å². The minimum Gasteiger partial charge on any atom is -0.307 e. The molecule has 1 saturated heterocycles. The Bertz CT molecular complexity index is 640. The zero-order valence-corrected chi connectivity index (χ0v) is 10.0. The number of nitriles is 1. The zero-order valence-electron chi connectivity index (χ0n) is 10.0. The van der Waals surface area contributed by atoms with Crippen molar-refractivity contribution in [2.24, 2.45) is 0 Å². The Morgan fingerprint density at radius 2 is 2.33 bits per heavy atom. The van der Waals surface area contributed by atoms with E-state index < -0.39 is 0 Å². The fourth-order valence-electron chi connectivity index (χ4n) is 2.63. The summed E-state index contributed by atoms with van der Waals surface area (Å²) >= 11 is 0. The molecule has 5 heteroatoms. The average molecular weight is 244 g/mol. The van der Waals surface area contributed by atoms with E-state index in [1.165, 1.54) is 4.52 Å². The molecule has 2 aromatic heterocycles. The Kier molecular flexibility index (Phi) is 2.53. The van der Waals surface area contributed by atoms with Crippen LogP contribution in [0.3, 0.4) is 0 Å². The molecule has 0 radical (unpaired) electrons. The minimum absolute atomic E-state index is 0.140. The highest BCUT2D eigenvalue weighted by molar-refractivity contribution is 5.59. The molecule has 0 saturated carbocycles. The van der Waals surface area contributed by atoms with Crippen LogP contribution in [0.2, 0.25) is 0 Å². The lowest BCUT2D eigenvalue weighted by Crippen LogP contribution is -2.21. The van der Waals surface area contributed by atoms with Crippen molar-refractivity contribution < 1.29 is 4.39 Å². The van der Waals surface area contributed by atoms with Gasteiger partial charge in [-0.1, -0.05) is 6.07 Å². The quantitative estimate of drug-likeness (QED) is 0.836. The van der Waals surface area contributed by atoms with Crippen LogP contribution >= 0.6 is 0 Å². The van der Waals surface area contributed by atoms with E-state index in [1.54, 1.807) is 6.07 Å². The second-order valence-electron chi connectivity index (χ2n) is 4.74. The maximum absolute atomic E-state index is 13.9. The molecule has 4 nitrogen and oxygen atoms in total. The molecule has 18 heavy (non-hydrogen) atoms. The largest absolute Gasteiger partial charge is 0.307 e. The predicted molar refractivity (Wildman–Crippen MR) is 64.4 cm³/mol. The van der Waals surface area contributed by atoms with Crippen LogP contribution in [-0.2, 0) is 0 Å². The van der Waals surface area contributed by atoms with Gasteiger partial charge < -0.3 is 5.32 Å². The van der Waals surface area contributed by atoms with Gasteiger partial charge in [-0.05, 0) is 31.4 Å². The first kappa shape index (κ1) is 11.2. The van der Waals surface area contributed by atoms with Gasteiger partial charge in [-0.2, -0.15) is 10.4 Å². The molecule has 0 spiro atoms. The Hall–Kier alpha value is -1.93. The van der Waals surface area contributed by atoms with Gasteiger partial charge in [0.1, 0.15) is 17.3 Å². The number of halogens is 1. The summed E-state index contributed by atoms with van der Waals surface area (Å²) in [6.45, 7) is 2.12. The summed E-state index contributed by atoms with van der Waals surface area (Å²) in [6, 6.07) is 6.13. The Morgan fingerprint density at radius 3 is 3.00 bits per heavy atom. The molecule has 1 aliphatic heterocycles. The van der Waals surface area contributed by atoms with Crippen molar-refractivity contribution in [2.45, 2.75) is 31.8 Å². The molecule has 3 heterocycles. The van der Waals surface area contributed by atoms with E-state index in [2.05, 4.69) is 17.3 Å². The number of aromatic nitrogens is 2. The van der Waals surface area contributed by atoms with Crippen LogP contribution in [0.25, 0.3) is 5.52 Å². The molecule has 1 N–H and O–H groups in total. The fourth-order valence-corrected chi connectivity index (χ4v) is 2.63. The standard InChI is InChI=1S/C13H13FN4/c1-8-2-5-12(17-8)10-4-3-9(6-15)18-13(10)11(14)7-16-18/h3-4,7-8,12,17H,2,5H2,1H3. The minimum atomic E-state index is -0.372. The summed E-state index contributed by atoms with van der Waals surface area (Å²) in [5.74, 6) is -0.372. The molecule has 0 amide bonds. The van der Waals surface area contributed by atoms with Crippen molar-refractivity contribution in [1.82, 2.24) is 14.9 Å². The van der Waals surface area contributed by atoms with Gasteiger partial charge in [-0.15, -0.1) is 0 Å². The van der Waals surface area contributed by atoms with Gasteiger partial charge >= 0.3 is 0 Å². The van der Waals surface area contributed by atoms with Gasteiger partial charge in [0, 0.05) is 12.1 Å². The fraction of sp³-hybridized carbons (Fsp3) is 0.385. The summed E-state index contributed by atoms with van der Waals surface area (Å²) < 4.78 is 15.2. The van der Waals surface area contributed by atoms with Crippen molar-refractivity contribution in [2.75, 3.05) is 0 Å². The number of hydrogen-bond donors (Lipinski definition) is 1. The lowest BCUT2D eigenvalue weighted by atomic mass is 10.0. The number of nitrogens with zero attached hydrogens (tertiary/aromatic N) is 3. The van der Waals surface area contributed by atoms with Crippen molar-refractivity contribution in [3.05, 3.63) is 35.4 Å². The van der Waals surface area contributed by atoms with Gasteiger partial charge in [0.05, 0.1) is 6.20 Å². The van der Waals surface area contributed by atoms with E-state index in [9.17, 15) is 4.39 Å². The second kappa shape index (κ2) is 4.07. The van der Waals surface area contributed by atoms with Crippen LogP contribution in [0.5, 0.6) is 0 Å². The van der Waals surface area contributed by atoms with Gasteiger partial charge in [0.25, 0.3) is 0 Å². The van der Waals surface area contributed by atoms with Gasteiger partial charge in [0.15, 0.2) is 5.82 Å². The third-order valence-corrected chi connectivity index (χ3v) is 3.51. The lowest BCUT2D eigenvalue weighted by Gasteiger charge is -2.14. The van der Waals surface area contributed by atoms with Crippen LogP contribution in [0.15, 0.2) is 18.3 Å². The Labute approximate surface area is 104 Å². The topological polar surface area (TPSA) is 53.1 Å². The molecule has 2 atom stereocenters. The summed E-state index contributed by atoms with van der Waals surface area (Å²) in [4.78, 5) is 0. The predicted octanol–water partition coefficient (Wildman–Crippen LogP) is 2.16. The highest BCUT2D eigenvalue weighted by Crippen LogP contribution is 2.30. The SMILES string of the molecule is CC1CCC(c2ccc(C#N)n3ncc(F)c23)N1. The van der Waals surface area contributed by atoms with Gasteiger partial charge in [0.2, 0.25) is 0 Å². The van der Waals surface area contributed by atoms with Crippen LogP contribution in [0.4, 0.5) is 4.39 Å². The lowest BCUT2D eigenvalue weighted by molar-refractivity contribution is 0.581. The van der Waals surface area contributed by atoms with Crippen molar-refractivity contribution >= 4 is 5.52 Å². The average Bonchev–Trinajstić information content (AvgIpc) is 2.96. The first-order valence-corrected chi connectivity index (χ1v) is 6.03. The van der Waals surface area contributed by atoms with Crippen LogP contribution in [0.1, 0.15) is 37.1 Å². The Balaban J connectivity index is 2.19. The van der Waals surface area contributed by atoms with E-state index in [0.717, 1.165) is 24.6 Å². The molecule has 1 fully saturated rings. The first-order chi connectivity index (χ1) is 8.70. The van der Waals surface area contributed by atoms with E-state index in [0.29, 0.717) is 17.3 Å². The van der Waals surface area contributed by atoms with Crippen LogP contribution in [-0.4, -0.2) is 15.7 Å². The van der Waals surface area contributed by atoms with E-state index in [-0.39, 0.29) is 11.9 Å². The summed E-state index contributed by atoms with van der Waals surface area (Å²) in [5, 5.41) is 16.4. The molecule has 0 bridgehead atoms. The van der Waals surface area contributed by atoms with E-state index in [1.807, 2.05) is 12.1 Å². The van der Waals surface area contributed by atoms with E-state index >= 15 is 0 Å². The third-order valence-electron chi connectivity index (χ3n) is 3.51. The van der Waals surface area contributed by atoms with E-state index in [4.69, 9.17) is 5.26 Å². The molecule has 0 aliphatic carbocycles. The Morgan fingerprint density at radius 1 is 1.50 bits per heavy atom. The molecular formula is C13H13FN4. The highest BCUT2D eigenvalue weighted by Gasteiger charge is 2.25. The molecule has 2 unspecified atom stereocenters. The number of fused-ring (bicyclic) bond motifs is 1. The molecule has 3 rings (SSSR count). The normalized spacial score (nSPS) is 23.4. The number of nitrogens with one attached hydrogen (secondary N) is 1. The zero-order chi connectivity index (χ0) is 12.7. The number of hydrogen-bond acceptors (Lipinski definition) is 3. The smallest absolute Gasteiger partial charge is 0.169 e. The molecule has 2 aromatic rings. The molecule has 1 aliphatic rings. The highest BCUT2D eigenvalue weighted by atomic mass is 19.1. The maximum Gasteiger partial charge on any atom is 0.169 e. The van der Waals surface area contributed by atoms with Crippen molar-refractivity contribution in [3.63, 3.8) is 0 Å². The summed E-state index contributed by atoms with van der Waals surface area (Å²) in [6.07, 6.45) is 3.22. The number of rotatable bonds is 1. The van der Waals surface area contributed by atoms with Crippen LogP contribution < -0.4 is 5.32 Å². The maximum atomic E-state index is 13.9. The summed E-state index contributed by atoms with van der Waals surface area (Å²) in [7, 11) is 0. The monoisotopic (exact) mass is 244 g/mol. The second-order valence-corrected chi connectivity index (χ2v) is 4.74. The first-order valence-electron chi connectivity index (χ1n) is 6.03. The molecular weight excluding hydrogens is 231 g/mol. The molecule has 92 valence electrons. The van der Waals surface area contributed by atoms with Crippen molar-refractivity contribution in [1.29, 1.82) is 5.26 Å². The molecule has 0 aromatic carbocycles.